The predicted octanol–water partition coefficient (Wildman–Crippen LogP) is 2.20. The molecule has 0 unspecified atom stereocenters. The maximum Gasteiger partial charge on any atom is 0.247 e. The zero-order valence-corrected chi connectivity index (χ0v) is 13.1. The largest absolute Gasteiger partial charge is 0.324 e. The molecule has 5 nitrogen and oxygen atoms in total. The van der Waals surface area contributed by atoms with Crippen molar-refractivity contribution in [2.45, 2.75) is 13.0 Å². The van der Waals surface area contributed by atoms with Crippen molar-refractivity contribution in [3.63, 3.8) is 0 Å². The first-order valence-electron chi connectivity index (χ1n) is 6.83. The van der Waals surface area contributed by atoms with E-state index in [1.54, 1.807) is 6.07 Å². The van der Waals surface area contributed by atoms with Gasteiger partial charge < -0.3 is 5.32 Å². The summed E-state index contributed by atoms with van der Waals surface area (Å²) in [6, 6.07) is 12.7. The second kappa shape index (κ2) is 5.23. The number of nitrogens with one attached hydrogen (secondary N) is 2. The number of carbonyl (C=O) groups excluding carboxylic acids is 1. The number of carbonyl (C=O) groups is 1. The van der Waals surface area contributed by atoms with Crippen LogP contribution in [-0.4, -0.2) is 20.6 Å². The zero-order valence-electron chi connectivity index (χ0n) is 12.3. The van der Waals surface area contributed by atoms with E-state index >= 15 is 0 Å². The Labute approximate surface area is 129 Å². The van der Waals surface area contributed by atoms with Crippen LogP contribution in [0.5, 0.6) is 0 Å². The molecule has 6 heteroatoms. The Morgan fingerprint density at radius 2 is 1.68 bits per heavy atom. The number of aryl methyl sites for hydroxylation is 1. The van der Waals surface area contributed by atoms with Gasteiger partial charge in [-0.3, -0.25) is 4.79 Å². The molecule has 0 saturated carbocycles. The lowest BCUT2D eigenvalue weighted by atomic mass is 9.99. The summed E-state index contributed by atoms with van der Waals surface area (Å²) < 4.78 is 25.3. The Balaban J connectivity index is 2.02. The van der Waals surface area contributed by atoms with Gasteiger partial charge in [-0.15, -0.1) is 0 Å². The zero-order chi connectivity index (χ0) is 15.9. The summed E-state index contributed by atoms with van der Waals surface area (Å²) in [5, 5.41) is 2.69. The van der Waals surface area contributed by atoms with E-state index in [9.17, 15) is 13.2 Å². The molecule has 3 rings (SSSR count). The van der Waals surface area contributed by atoms with E-state index in [0.29, 0.717) is 11.3 Å². The lowest BCUT2D eigenvalue weighted by Crippen LogP contribution is -2.31. The monoisotopic (exact) mass is 316 g/mol. The summed E-state index contributed by atoms with van der Waals surface area (Å²) in [4.78, 5) is 12.0. The van der Waals surface area contributed by atoms with Crippen LogP contribution < -0.4 is 10.0 Å². The van der Waals surface area contributed by atoms with Gasteiger partial charge in [0.05, 0.1) is 6.26 Å². The van der Waals surface area contributed by atoms with Gasteiger partial charge in [-0.25, -0.2) is 8.42 Å². The second-order valence-electron chi connectivity index (χ2n) is 5.48. The van der Waals surface area contributed by atoms with Gasteiger partial charge in [0.2, 0.25) is 15.9 Å². The third-order valence-electron chi connectivity index (χ3n) is 3.60. The van der Waals surface area contributed by atoms with Gasteiger partial charge in [0, 0.05) is 11.3 Å². The highest BCUT2D eigenvalue weighted by Crippen LogP contribution is 2.34. The van der Waals surface area contributed by atoms with Crippen molar-refractivity contribution in [3.05, 3.63) is 53.6 Å². The number of benzene rings is 2. The predicted molar refractivity (Wildman–Crippen MR) is 86.0 cm³/mol. The number of amides is 1. The molecule has 0 fully saturated rings. The van der Waals surface area contributed by atoms with E-state index in [-0.39, 0.29) is 5.91 Å². The number of anilines is 1. The van der Waals surface area contributed by atoms with Crippen LogP contribution in [0.25, 0.3) is 11.1 Å². The van der Waals surface area contributed by atoms with Crippen molar-refractivity contribution >= 4 is 21.6 Å². The maximum atomic E-state index is 12.0. The Bertz CT molecular complexity index is 842. The molecule has 0 aromatic heterocycles. The average Bonchev–Trinajstić information content (AvgIpc) is 2.74. The van der Waals surface area contributed by atoms with Crippen LogP contribution in [-0.2, 0) is 14.8 Å². The third-order valence-corrected chi connectivity index (χ3v) is 4.26. The fourth-order valence-corrected chi connectivity index (χ4v) is 3.18. The van der Waals surface area contributed by atoms with Gasteiger partial charge in [-0.1, -0.05) is 35.9 Å². The number of hydrogen-bond donors (Lipinski definition) is 2. The van der Waals surface area contributed by atoms with Gasteiger partial charge in [0.15, 0.2) is 0 Å². The van der Waals surface area contributed by atoms with Crippen molar-refractivity contribution in [2.75, 3.05) is 11.6 Å². The average molecular weight is 316 g/mol. The molecule has 0 spiro atoms. The molecule has 0 aliphatic carbocycles. The van der Waals surface area contributed by atoms with Crippen molar-refractivity contribution in [1.29, 1.82) is 0 Å². The van der Waals surface area contributed by atoms with Crippen LogP contribution in [0.2, 0.25) is 0 Å². The smallest absolute Gasteiger partial charge is 0.247 e. The molecule has 0 saturated heterocycles. The molecule has 114 valence electrons. The standard InChI is InChI=1S/C16H16N2O3S/c1-10-3-5-11(6-4-10)12-7-8-14-13(9-12)15(16(19)17-14)18-22(2,20)21/h3-9,15,18H,1-2H3,(H,17,19)/t15-/m1/s1. The van der Waals surface area contributed by atoms with Gasteiger partial charge in [-0.2, -0.15) is 4.72 Å². The van der Waals surface area contributed by atoms with Gasteiger partial charge in [0.25, 0.3) is 0 Å². The van der Waals surface area contributed by atoms with Crippen molar-refractivity contribution in [2.24, 2.45) is 0 Å². The number of rotatable bonds is 3. The van der Waals surface area contributed by atoms with E-state index in [4.69, 9.17) is 0 Å². The molecule has 2 aromatic carbocycles. The Morgan fingerprint density at radius 3 is 2.32 bits per heavy atom. The maximum absolute atomic E-state index is 12.0. The molecule has 0 bridgehead atoms. The molecular formula is C16H16N2O3S. The topological polar surface area (TPSA) is 75.3 Å². The fraction of sp³-hybridized carbons (Fsp3) is 0.188. The SMILES string of the molecule is Cc1ccc(-c2ccc3c(c2)[C@@H](NS(C)(=O)=O)C(=O)N3)cc1. The van der Waals surface area contributed by atoms with Gasteiger partial charge in [-0.05, 0) is 30.2 Å². The van der Waals surface area contributed by atoms with Gasteiger partial charge >= 0.3 is 0 Å². The molecule has 22 heavy (non-hydrogen) atoms. The first-order valence-corrected chi connectivity index (χ1v) is 8.72. The Morgan fingerprint density at radius 1 is 1.05 bits per heavy atom. The van der Waals surface area contributed by atoms with E-state index < -0.39 is 16.1 Å². The van der Waals surface area contributed by atoms with Crippen LogP contribution in [0.3, 0.4) is 0 Å². The highest BCUT2D eigenvalue weighted by molar-refractivity contribution is 7.88. The van der Waals surface area contributed by atoms with Gasteiger partial charge in [0.1, 0.15) is 6.04 Å². The summed E-state index contributed by atoms with van der Waals surface area (Å²) >= 11 is 0. The lowest BCUT2D eigenvalue weighted by molar-refractivity contribution is -0.117. The first-order chi connectivity index (χ1) is 10.3. The molecule has 1 aliphatic rings. The van der Waals surface area contributed by atoms with E-state index in [2.05, 4.69) is 10.0 Å². The number of sulfonamides is 1. The molecule has 1 amide bonds. The van der Waals surface area contributed by atoms with E-state index in [0.717, 1.165) is 17.4 Å². The lowest BCUT2D eigenvalue weighted by Gasteiger charge is -2.11. The van der Waals surface area contributed by atoms with Crippen LogP contribution in [0.4, 0.5) is 5.69 Å². The quantitative estimate of drug-likeness (QED) is 0.911. The van der Waals surface area contributed by atoms with Crippen LogP contribution in [0, 0.1) is 6.92 Å². The van der Waals surface area contributed by atoms with Crippen molar-refractivity contribution < 1.29 is 13.2 Å². The summed E-state index contributed by atoms with van der Waals surface area (Å²) in [5.74, 6) is -0.360. The minimum absolute atomic E-state index is 0.360. The summed E-state index contributed by atoms with van der Waals surface area (Å²) in [7, 11) is -3.48. The molecule has 2 aromatic rings. The number of hydrogen-bond acceptors (Lipinski definition) is 3. The summed E-state index contributed by atoms with van der Waals surface area (Å²) in [6.07, 6.45) is 1.04. The minimum Gasteiger partial charge on any atom is -0.324 e. The van der Waals surface area contributed by atoms with Crippen LogP contribution in [0.15, 0.2) is 42.5 Å². The molecule has 1 atom stereocenters. The minimum atomic E-state index is -3.48. The molecular weight excluding hydrogens is 300 g/mol. The van der Waals surface area contributed by atoms with Crippen molar-refractivity contribution in [1.82, 2.24) is 4.72 Å². The Hall–Kier alpha value is -2.18. The Kier molecular flexibility index (Phi) is 3.50. The van der Waals surface area contributed by atoms with E-state index in [1.165, 1.54) is 5.56 Å². The molecule has 2 N–H and O–H groups in total. The highest BCUT2D eigenvalue weighted by atomic mass is 32.2. The highest BCUT2D eigenvalue weighted by Gasteiger charge is 2.32. The summed E-state index contributed by atoms with van der Waals surface area (Å²) in [5.41, 5.74) is 4.41. The van der Waals surface area contributed by atoms with Crippen molar-refractivity contribution in [3.8, 4) is 11.1 Å². The first kappa shape index (κ1) is 14.7. The molecule has 0 radical (unpaired) electrons. The third kappa shape index (κ3) is 2.88. The van der Waals surface area contributed by atoms with Crippen LogP contribution in [0.1, 0.15) is 17.2 Å². The number of fused-ring (bicyclic) bond motifs is 1. The van der Waals surface area contributed by atoms with Crippen LogP contribution >= 0.6 is 0 Å². The molecule has 1 heterocycles. The molecule has 1 aliphatic heterocycles. The normalized spacial score (nSPS) is 17.2. The van der Waals surface area contributed by atoms with E-state index in [1.807, 2.05) is 43.3 Å². The second-order valence-corrected chi connectivity index (χ2v) is 7.26. The summed E-state index contributed by atoms with van der Waals surface area (Å²) in [6.45, 7) is 2.01. The fourth-order valence-electron chi connectivity index (χ4n) is 2.52.